The monoisotopic (exact) mass is 165 g/mol. The Hall–Kier alpha value is -0.920. The zero-order valence-electron chi connectivity index (χ0n) is 8.09. The van der Waals surface area contributed by atoms with Gasteiger partial charge in [-0.15, -0.1) is 0 Å². The molecule has 0 atom stereocenters. The van der Waals surface area contributed by atoms with Gasteiger partial charge >= 0.3 is 0 Å². The third kappa shape index (κ3) is 1.33. The van der Waals surface area contributed by atoms with Crippen LogP contribution in [0.2, 0.25) is 0 Å². The molecule has 0 aromatic heterocycles. The second-order valence-electron chi connectivity index (χ2n) is 3.72. The molecule has 12 heavy (non-hydrogen) atoms. The molecule has 0 unspecified atom stereocenters. The van der Waals surface area contributed by atoms with Gasteiger partial charge in [0.1, 0.15) is 5.71 Å². The summed E-state index contributed by atoms with van der Waals surface area (Å²) >= 11 is 0. The first-order valence-corrected chi connectivity index (χ1v) is 4.36. The first-order valence-electron chi connectivity index (χ1n) is 4.36. The van der Waals surface area contributed by atoms with E-state index < -0.39 is 0 Å². The molecule has 1 heterocycles. The molecule has 0 aromatic carbocycles. The van der Waals surface area contributed by atoms with Crippen molar-refractivity contribution in [1.29, 1.82) is 0 Å². The second-order valence-corrected chi connectivity index (χ2v) is 3.72. The highest BCUT2D eigenvalue weighted by Gasteiger charge is 2.25. The van der Waals surface area contributed by atoms with Crippen LogP contribution in [0.3, 0.4) is 0 Å². The molecule has 0 bridgehead atoms. The quantitative estimate of drug-likeness (QED) is 0.589. The van der Waals surface area contributed by atoms with E-state index in [1.807, 2.05) is 0 Å². The molecule has 0 radical (unpaired) electrons. The number of carbonyl (C=O) groups excluding carboxylic acids is 1. The molecule has 0 N–H and O–H groups in total. The summed E-state index contributed by atoms with van der Waals surface area (Å²) in [6.07, 6.45) is 0.848. The second kappa shape index (κ2) is 3.21. The first-order chi connectivity index (χ1) is 5.57. The van der Waals surface area contributed by atoms with Gasteiger partial charge in [-0.25, -0.2) is 4.99 Å². The molecule has 0 saturated carbocycles. The molecule has 2 heteroatoms. The molecule has 0 aliphatic carbocycles. The van der Waals surface area contributed by atoms with Gasteiger partial charge in [-0.3, -0.25) is 4.79 Å². The van der Waals surface area contributed by atoms with Crippen molar-refractivity contribution in [2.45, 2.75) is 27.7 Å². The van der Waals surface area contributed by atoms with Gasteiger partial charge in [-0.05, 0) is 11.8 Å². The summed E-state index contributed by atoms with van der Waals surface area (Å²) in [5, 5.41) is 0. The van der Waals surface area contributed by atoms with Crippen LogP contribution in [0.1, 0.15) is 27.7 Å². The predicted octanol–water partition coefficient (Wildman–Crippen LogP) is 2.21. The van der Waals surface area contributed by atoms with Gasteiger partial charge in [0.2, 0.25) is 0 Å². The number of aldehydes is 1. The van der Waals surface area contributed by atoms with Crippen molar-refractivity contribution in [3.05, 3.63) is 11.3 Å². The summed E-state index contributed by atoms with van der Waals surface area (Å²) in [6, 6.07) is 0. The van der Waals surface area contributed by atoms with Crippen LogP contribution < -0.4 is 0 Å². The molecular weight excluding hydrogens is 150 g/mol. The molecule has 1 aliphatic heterocycles. The topological polar surface area (TPSA) is 29.4 Å². The molecule has 0 saturated heterocycles. The first kappa shape index (κ1) is 9.17. The van der Waals surface area contributed by atoms with Crippen LogP contribution in [0, 0.1) is 11.8 Å². The van der Waals surface area contributed by atoms with E-state index in [-0.39, 0.29) is 0 Å². The van der Waals surface area contributed by atoms with Gasteiger partial charge in [-0.1, -0.05) is 27.7 Å². The largest absolute Gasteiger partial charge is 0.296 e. The van der Waals surface area contributed by atoms with Gasteiger partial charge in [0.25, 0.3) is 0 Å². The third-order valence-electron chi connectivity index (χ3n) is 2.03. The van der Waals surface area contributed by atoms with Crippen LogP contribution in [0.25, 0.3) is 0 Å². The van der Waals surface area contributed by atoms with Gasteiger partial charge < -0.3 is 0 Å². The van der Waals surface area contributed by atoms with Gasteiger partial charge in [0.05, 0.1) is 0 Å². The molecule has 1 aliphatic rings. The average Bonchev–Trinajstić information content (AvgIpc) is 1.83. The van der Waals surface area contributed by atoms with E-state index in [4.69, 9.17) is 0 Å². The molecule has 0 amide bonds. The van der Waals surface area contributed by atoms with Gasteiger partial charge in [0.15, 0.2) is 6.29 Å². The van der Waals surface area contributed by atoms with Crippen LogP contribution in [-0.4, -0.2) is 12.0 Å². The fraction of sp³-hybridized carbons (Fsp3) is 0.600. The molecule has 0 spiro atoms. The van der Waals surface area contributed by atoms with Crippen molar-refractivity contribution in [3.8, 4) is 0 Å². The van der Waals surface area contributed by atoms with Gasteiger partial charge in [-0.2, -0.15) is 0 Å². The van der Waals surface area contributed by atoms with E-state index in [0.29, 0.717) is 17.5 Å². The number of aliphatic imine (C=N–C) groups is 1. The van der Waals surface area contributed by atoms with E-state index >= 15 is 0 Å². The number of carbonyl (C=O) groups is 1. The highest BCUT2D eigenvalue weighted by molar-refractivity contribution is 6.39. The Morgan fingerprint density at radius 2 is 1.75 bits per heavy atom. The molecule has 0 aromatic rings. The predicted molar refractivity (Wildman–Crippen MR) is 50.2 cm³/mol. The van der Waals surface area contributed by atoms with Crippen LogP contribution in [0.5, 0.6) is 0 Å². The normalized spacial score (nSPS) is 16.7. The summed E-state index contributed by atoms with van der Waals surface area (Å²) in [4.78, 5) is 14.7. The standard InChI is InChI=1S/C10H15NO/c1-6(2)9-8(5-12)11-10(9)7(3)4/h5-7H,1-4H3. The lowest BCUT2D eigenvalue weighted by Gasteiger charge is -2.24. The van der Waals surface area contributed by atoms with Gasteiger partial charge in [0, 0.05) is 11.3 Å². The van der Waals surface area contributed by atoms with Crippen molar-refractivity contribution in [3.63, 3.8) is 0 Å². The Morgan fingerprint density at radius 1 is 1.17 bits per heavy atom. The van der Waals surface area contributed by atoms with E-state index in [1.165, 1.54) is 0 Å². The van der Waals surface area contributed by atoms with Crippen LogP contribution in [0.15, 0.2) is 16.3 Å². The lowest BCUT2D eigenvalue weighted by atomic mass is 9.88. The Kier molecular flexibility index (Phi) is 2.46. The Labute approximate surface area is 73.4 Å². The Balaban J connectivity index is 2.86. The highest BCUT2D eigenvalue weighted by atomic mass is 16.1. The molecule has 1 rings (SSSR count). The van der Waals surface area contributed by atoms with E-state index in [1.54, 1.807) is 0 Å². The molecule has 66 valence electrons. The SMILES string of the molecule is CC(C)C1=C(C(C)C)C(C=O)=N1. The summed E-state index contributed by atoms with van der Waals surface area (Å²) < 4.78 is 0. The van der Waals surface area contributed by atoms with Crippen molar-refractivity contribution in [2.75, 3.05) is 0 Å². The van der Waals surface area contributed by atoms with Crippen LogP contribution in [-0.2, 0) is 4.79 Å². The zero-order chi connectivity index (χ0) is 9.30. The summed E-state index contributed by atoms with van der Waals surface area (Å²) in [7, 11) is 0. The molecule has 0 fully saturated rings. The van der Waals surface area contributed by atoms with Crippen molar-refractivity contribution in [1.82, 2.24) is 0 Å². The minimum atomic E-state index is 0.417. The van der Waals surface area contributed by atoms with Crippen molar-refractivity contribution in [2.24, 2.45) is 16.8 Å². The number of rotatable bonds is 3. The lowest BCUT2D eigenvalue weighted by molar-refractivity contribution is -0.102. The third-order valence-corrected chi connectivity index (χ3v) is 2.03. The number of nitrogens with zero attached hydrogens (tertiary/aromatic N) is 1. The average molecular weight is 165 g/mol. The Bertz CT molecular complexity index is 259. The smallest absolute Gasteiger partial charge is 0.168 e. The maximum absolute atomic E-state index is 10.5. The maximum atomic E-state index is 10.5. The molecular formula is C10H15NO. The van der Waals surface area contributed by atoms with Crippen LogP contribution in [0.4, 0.5) is 0 Å². The number of hydrogen-bond donors (Lipinski definition) is 0. The fourth-order valence-electron chi connectivity index (χ4n) is 1.45. The molecule has 2 nitrogen and oxygen atoms in total. The fourth-order valence-corrected chi connectivity index (χ4v) is 1.45. The minimum Gasteiger partial charge on any atom is -0.296 e. The van der Waals surface area contributed by atoms with Crippen LogP contribution >= 0.6 is 0 Å². The summed E-state index contributed by atoms with van der Waals surface area (Å²) in [5.74, 6) is 0.853. The maximum Gasteiger partial charge on any atom is 0.168 e. The lowest BCUT2D eigenvalue weighted by Crippen LogP contribution is -2.22. The highest BCUT2D eigenvalue weighted by Crippen LogP contribution is 2.30. The minimum absolute atomic E-state index is 0.417. The number of allylic oxidation sites excluding steroid dienone is 2. The van der Waals surface area contributed by atoms with E-state index in [2.05, 4.69) is 32.7 Å². The van der Waals surface area contributed by atoms with E-state index in [0.717, 1.165) is 17.6 Å². The Morgan fingerprint density at radius 3 is 2.08 bits per heavy atom. The number of hydrogen-bond acceptors (Lipinski definition) is 2. The van der Waals surface area contributed by atoms with Crippen molar-refractivity contribution < 1.29 is 4.79 Å². The van der Waals surface area contributed by atoms with Crippen molar-refractivity contribution >= 4 is 12.0 Å². The van der Waals surface area contributed by atoms with E-state index in [9.17, 15) is 4.79 Å². The summed E-state index contributed by atoms with van der Waals surface area (Å²) in [5.41, 5.74) is 2.90. The zero-order valence-corrected chi connectivity index (χ0v) is 8.09. The summed E-state index contributed by atoms with van der Waals surface area (Å²) in [6.45, 7) is 8.39.